The van der Waals surface area contributed by atoms with Gasteiger partial charge in [0.05, 0.1) is 19.6 Å². The number of carbonyl (C=O) groups excluding carboxylic acids is 2. The minimum atomic E-state index is -0.448. The van der Waals surface area contributed by atoms with E-state index in [2.05, 4.69) is 10.6 Å². The average molecular weight is 230 g/mol. The van der Waals surface area contributed by atoms with E-state index in [1.807, 2.05) is 0 Å². The van der Waals surface area contributed by atoms with Crippen molar-refractivity contribution in [3.05, 3.63) is 0 Å². The summed E-state index contributed by atoms with van der Waals surface area (Å²) in [5, 5.41) is 5.69. The molecule has 1 fully saturated rings. The molecule has 0 saturated carbocycles. The van der Waals surface area contributed by atoms with Gasteiger partial charge in [0, 0.05) is 19.6 Å². The molecule has 1 aliphatic rings. The van der Waals surface area contributed by atoms with Crippen molar-refractivity contribution < 1.29 is 19.1 Å². The molecule has 2 N–H and O–H groups in total. The number of esters is 1. The van der Waals surface area contributed by atoms with Crippen LogP contribution in [0.5, 0.6) is 0 Å². The largest absolute Gasteiger partial charge is 0.466 e. The number of carbonyl (C=O) groups is 2. The number of hydrogen-bond acceptors (Lipinski definition) is 5. The molecule has 92 valence electrons. The van der Waals surface area contributed by atoms with Crippen LogP contribution in [0.15, 0.2) is 0 Å². The van der Waals surface area contributed by atoms with E-state index >= 15 is 0 Å². The Morgan fingerprint density at radius 1 is 1.56 bits per heavy atom. The van der Waals surface area contributed by atoms with Crippen LogP contribution < -0.4 is 10.6 Å². The molecule has 0 aliphatic carbocycles. The second-order valence-electron chi connectivity index (χ2n) is 3.41. The third-order valence-corrected chi connectivity index (χ3v) is 2.15. The number of nitrogens with one attached hydrogen (secondary N) is 2. The Bertz CT molecular complexity index is 239. The highest BCUT2D eigenvalue weighted by atomic mass is 16.5. The van der Waals surface area contributed by atoms with Crippen molar-refractivity contribution >= 4 is 11.9 Å². The second-order valence-corrected chi connectivity index (χ2v) is 3.41. The quantitative estimate of drug-likeness (QED) is 0.595. The smallest absolute Gasteiger partial charge is 0.307 e. The van der Waals surface area contributed by atoms with Crippen LogP contribution in [-0.2, 0) is 19.1 Å². The Labute approximate surface area is 94.7 Å². The van der Waals surface area contributed by atoms with Crippen LogP contribution in [-0.4, -0.2) is 50.8 Å². The first-order valence-corrected chi connectivity index (χ1v) is 5.49. The fraction of sp³-hybridized carbons (Fsp3) is 0.800. The maximum Gasteiger partial charge on any atom is 0.307 e. The van der Waals surface area contributed by atoms with Gasteiger partial charge in [0.1, 0.15) is 6.10 Å². The van der Waals surface area contributed by atoms with Gasteiger partial charge in [0.25, 0.3) is 0 Å². The van der Waals surface area contributed by atoms with E-state index in [4.69, 9.17) is 9.47 Å². The first-order chi connectivity index (χ1) is 7.74. The Balaban J connectivity index is 2.12. The van der Waals surface area contributed by atoms with Crippen LogP contribution in [0, 0.1) is 0 Å². The number of amides is 1. The first kappa shape index (κ1) is 12.9. The summed E-state index contributed by atoms with van der Waals surface area (Å²) in [5.74, 6) is -0.484. The molecule has 6 nitrogen and oxygen atoms in total. The molecule has 0 bridgehead atoms. The average Bonchev–Trinajstić information content (AvgIpc) is 2.30. The van der Waals surface area contributed by atoms with Crippen molar-refractivity contribution in [3.63, 3.8) is 0 Å². The van der Waals surface area contributed by atoms with Gasteiger partial charge in [-0.05, 0) is 6.92 Å². The third kappa shape index (κ3) is 4.59. The summed E-state index contributed by atoms with van der Waals surface area (Å²) in [5.41, 5.74) is 0. The zero-order valence-electron chi connectivity index (χ0n) is 9.45. The fourth-order valence-corrected chi connectivity index (χ4v) is 1.37. The zero-order chi connectivity index (χ0) is 11.8. The molecule has 0 aromatic carbocycles. The summed E-state index contributed by atoms with van der Waals surface area (Å²) in [7, 11) is 0. The molecule has 1 saturated heterocycles. The van der Waals surface area contributed by atoms with Gasteiger partial charge in [-0.1, -0.05) is 0 Å². The van der Waals surface area contributed by atoms with E-state index in [0.717, 1.165) is 6.54 Å². The molecule has 16 heavy (non-hydrogen) atoms. The molecule has 1 amide bonds. The fourth-order valence-electron chi connectivity index (χ4n) is 1.37. The van der Waals surface area contributed by atoms with Crippen molar-refractivity contribution in [2.24, 2.45) is 0 Å². The highest BCUT2D eigenvalue weighted by Gasteiger charge is 2.21. The lowest BCUT2D eigenvalue weighted by molar-refractivity contribution is -0.143. The standard InChI is InChI=1S/C10H18N2O4/c1-2-15-9(13)3-4-12-10(14)8-7-11-5-6-16-8/h8,11H,2-7H2,1H3,(H,12,14). The molecule has 1 aliphatic heterocycles. The van der Waals surface area contributed by atoms with Crippen molar-refractivity contribution in [2.45, 2.75) is 19.4 Å². The summed E-state index contributed by atoms with van der Waals surface area (Å²) < 4.78 is 9.99. The number of rotatable bonds is 5. The number of hydrogen-bond donors (Lipinski definition) is 2. The Hall–Kier alpha value is -1.14. The van der Waals surface area contributed by atoms with Gasteiger partial charge in [-0.2, -0.15) is 0 Å². The van der Waals surface area contributed by atoms with Crippen LogP contribution in [0.4, 0.5) is 0 Å². The van der Waals surface area contributed by atoms with Gasteiger partial charge in [0.2, 0.25) is 5.91 Å². The normalized spacial score (nSPS) is 20.2. The molecular formula is C10H18N2O4. The zero-order valence-corrected chi connectivity index (χ0v) is 9.45. The SMILES string of the molecule is CCOC(=O)CCNC(=O)C1CNCCO1. The topological polar surface area (TPSA) is 76.7 Å². The van der Waals surface area contributed by atoms with E-state index < -0.39 is 6.10 Å². The summed E-state index contributed by atoms with van der Waals surface area (Å²) in [6.45, 7) is 4.23. The van der Waals surface area contributed by atoms with Crippen LogP contribution in [0.25, 0.3) is 0 Å². The predicted octanol–water partition coefficient (Wildman–Crippen LogP) is -0.956. The Morgan fingerprint density at radius 3 is 3.00 bits per heavy atom. The third-order valence-electron chi connectivity index (χ3n) is 2.15. The molecule has 6 heteroatoms. The number of ether oxygens (including phenoxy) is 2. The van der Waals surface area contributed by atoms with Gasteiger partial charge in [-0.25, -0.2) is 0 Å². The Morgan fingerprint density at radius 2 is 2.38 bits per heavy atom. The van der Waals surface area contributed by atoms with Gasteiger partial charge in [-0.3, -0.25) is 9.59 Å². The van der Waals surface area contributed by atoms with Crippen molar-refractivity contribution in [3.8, 4) is 0 Å². The van der Waals surface area contributed by atoms with Crippen LogP contribution in [0.3, 0.4) is 0 Å². The van der Waals surface area contributed by atoms with E-state index in [-0.39, 0.29) is 24.8 Å². The molecule has 0 aromatic rings. The second kappa shape index (κ2) is 7.19. The summed E-state index contributed by atoms with van der Waals surface area (Å²) >= 11 is 0. The van der Waals surface area contributed by atoms with Gasteiger partial charge in [0.15, 0.2) is 0 Å². The molecule has 0 spiro atoms. The van der Waals surface area contributed by atoms with Crippen molar-refractivity contribution in [1.29, 1.82) is 0 Å². The lowest BCUT2D eigenvalue weighted by atomic mass is 10.3. The maximum atomic E-state index is 11.5. The van der Waals surface area contributed by atoms with Gasteiger partial charge in [-0.15, -0.1) is 0 Å². The molecule has 1 atom stereocenters. The van der Waals surface area contributed by atoms with Gasteiger partial charge < -0.3 is 20.1 Å². The molecule has 0 radical (unpaired) electrons. The molecule has 1 heterocycles. The van der Waals surface area contributed by atoms with Crippen molar-refractivity contribution in [1.82, 2.24) is 10.6 Å². The van der Waals surface area contributed by atoms with E-state index in [9.17, 15) is 9.59 Å². The van der Waals surface area contributed by atoms with Gasteiger partial charge >= 0.3 is 5.97 Å². The summed E-state index contributed by atoms with van der Waals surface area (Å²) in [6, 6.07) is 0. The minimum Gasteiger partial charge on any atom is -0.466 e. The minimum absolute atomic E-state index is 0.184. The highest BCUT2D eigenvalue weighted by Crippen LogP contribution is 1.95. The van der Waals surface area contributed by atoms with E-state index in [1.54, 1.807) is 6.92 Å². The molecular weight excluding hydrogens is 212 g/mol. The highest BCUT2D eigenvalue weighted by molar-refractivity contribution is 5.81. The van der Waals surface area contributed by atoms with Crippen LogP contribution >= 0.6 is 0 Å². The first-order valence-electron chi connectivity index (χ1n) is 5.49. The van der Waals surface area contributed by atoms with Crippen LogP contribution in [0.2, 0.25) is 0 Å². The molecule has 0 aromatic heterocycles. The monoisotopic (exact) mass is 230 g/mol. The lowest BCUT2D eigenvalue weighted by Crippen LogP contribution is -2.48. The maximum absolute atomic E-state index is 11.5. The van der Waals surface area contributed by atoms with E-state index in [0.29, 0.717) is 19.8 Å². The Kier molecular flexibility index (Phi) is 5.81. The van der Waals surface area contributed by atoms with Crippen LogP contribution in [0.1, 0.15) is 13.3 Å². The summed E-state index contributed by atoms with van der Waals surface area (Å²) in [6.07, 6.45) is -0.254. The molecule has 1 rings (SSSR count). The predicted molar refractivity (Wildman–Crippen MR) is 56.9 cm³/mol. The lowest BCUT2D eigenvalue weighted by Gasteiger charge is -2.22. The number of morpholine rings is 1. The van der Waals surface area contributed by atoms with Crippen molar-refractivity contribution in [2.75, 3.05) is 32.8 Å². The van der Waals surface area contributed by atoms with E-state index in [1.165, 1.54) is 0 Å². The molecule has 1 unspecified atom stereocenters. The summed E-state index contributed by atoms with van der Waals surface area (Å²) in [4.78, 5) is 22.5.